The second kappa shape index (κ2) is 3.54. The molecule has 6 heteroatoms. The normalized spacial score (nSPS) is 10.0. The fourth-order valence-electron chi connectivity index (χ4n) is 0.786. The number of hydrogen-bond donors (Lipinski definition) is 3. The quantitative estimate of drug-likeness (QED) is 0.455. The molecule has 12 heavy (non-hydrogen) atoms. The van der Waals surface area contributed by atoms with Gasteiger partial charge in [-0.2, -0.15) is 0 Å². The smallest absolute Gasteiger partial charge is 0.423 e. The van der Waals surface area contributed by atoms with Crippen molar-refractivity contribution in [1.82, 2.24) is 0 Å². The summed E-state index contributed by atoms with van der Waals surface area (Å²) >= 11 is 11.3. The van der Waals surface area contributed by atoms with Crippen LogP contribution < -0.4 is 11.2 Å². The van der Waals surface area contributed by atoms with Gasteiger partial charge in [0.05, 0.1) is 15.7 Å². The van der Waals surface area contributed by atoms with Crippen LogP contribution in [0, 0.1) is 0 Å². The van der Waals surface area contributed by atoms with Gasteiger partial charge < -0.3 is 15.8 Å². The summed E-state index contributed by atoms with van der Waals surface area (Å²) in [4.78, 5) is 0. The van der Waals surface area contributed by atoms with E-state index in [1.807, 2.05) is 0 Å². The highest BCUT2D eigenvalue weighted by Gasteiger charge is 2.17. The van der Waals surface area contributed by atoms with Crippen LogP contribution in [0.25, 0.3) is 0 Å². The minimum absolute atomic E-state index is 0.0810. The van der Waals surface area contributed by atoms with E-state index in [1.165, 1.54) is 12.1 Å². The monoisotopic (exact) mass is 205 g/mol. The van der Waals surface area contributed by atoms with E-state index >= 15 is 0 Å². The number of hydrogen-bond acceptors (Lipinski definition) is 3. The summed E-state index contributed by atoms with van der Waals surface area (Å²) in [5.41, 5.74) is 5.74. The Morgan fingerprint density at radius 3 is 2.33 bits per heavy atom. The van der Waals surface area contributed by atoms with Crippen molar-refractivity contribution in [2.75, 3.05) is 5.73 Å². The van der Waals surface area contributed by atoms with Gasteiger partial charge in [0.1, 0.15) is 0 Å². The zero-order valence-electron chi connectivity index (χ0n) is 5.96. The van der Waals surface area contributed by atoms with Crippen LogP contribution in [0.15, 0.2) is 12.1 Å². The molecule has 0 aromatic heterocycles. The van der Waals surface area contributed by atoms with Crippen LogP contribution >= 0.6 is 23.2 Å². The van der Waals surface area contributed by atoms with Gasteiger partial charge >= 0.3 is 7.12 Å². The fourth-order valence-corrected chi connectivity index (χ4v) is 1.25. The molecule has 1 rings (SSSR count). The van der Waals surface area contributed by atoms with Crippen molar-refractivity contribution in [2.45, 2.75) is 0 Å². The van der Waals surface area contributed by atoms with Crippen LogP contribution in [0.5, 0.6) is 0 Å². The van der Waals surface area contributed by atoms with Crippen molar-refractivity contribution in [3.8, 4) is 0 Å². The number of anilines is 1. The minimum atomic E-state index is -1.63. The van der Waals surface area contributed by atoms with Gasteiger partial charge in [-0.1, -0.05) is 29.3 Å². The maximum Gasteiger partial charge on any atom is 0.490 e. The highest BCUT2D eigenvalue weighted by molar-refractivity contribution is 6.63. The molecule has 0 aliphatic carbocycles. The zero-order chi connectivity index (χ0) is 9.30. The molecule has 0 spiro atoms. The lowest BCUT2D eigenvalue weighted by atomic mass is 9.80. The maximum absolute atomic E-state index is 8.79. The van der Waals surface area contributed by atoms with E-state index < -0.39 is 7.12 Å². The lowest BCUT2D eigenvalue weighted by Crippen LogP contribution is -2.31. The van der Waals surface area contributed by atoms with Crippen molar-refractivity contribution in [2.24, 2.45) is 0 Å². The first-order chi connectivity index (χ1) is 5.54. The van der Waals surface area contributed by atoms with Gasteiger partial charge in [-0.15, -0.1) is 0 Å². The van der Waals surface area contributed by atoms with E-state index in [0.29, 0.717) is 5.02 Å². The van der Waals surface area contributed by atoms with E-state index in [1.54, 1.807) is 0 Å². The van der Waals surface area contributed by atoms with Crippen molar-refractivity contribution in [3.63, 3.8) is 0 Å². The Morgan fingerprint density at radius 2 is 1.83 bits per heavy atom. The first-order valence-electron chi connectivity index (χ1n) is 3.13. The van der Waals surface area contributed by atoms with Gasteiger partial charge in [-0.3, -0.25) is 0 Å². The summed E-state index contributed by atoms with van der Waals surface area (Å²) in [5, 5.41) is 18.0. The predicted molar refractivity (Wildman–Crippen MR) is 50.7 cm³/mol. The maximum atomic E-state index is 8.79. The molecule has 0 saturated heterocycles. The molecule has 0 saturated carbocycles. The Hall–Kier alpha value is -0.415. The second-order valence-corrected chi connectivity index (χ2v) is 3.02. The first kappa shape index (κ1) is 9.67. The molecule has 0 radical (unpaired) electrons. The molecule has 0 heterocycles. The van der Waals surface area contributed by atoms with E-state index in [0.717, 1.165) is 0 Å². The molecule has 0 amide bonds. The summed E-state index contributed by atoms with van der Waals surface area (Å²) in [6.07, 6.45) is 0. The highest BCUT2D eigenvalue weighted by atomic mass is 35.5. The topological polar surface area (TPSA) is 66.5 Å². The van der Waals surface area contributed by atoms with Gasteiger partial charge in [0.2, 0.25) is 0 Å². The predicted octanol–water partition coefficient (Wildman–Crippen LogP) is 0.255. The Morgan fingerprint density at radius 1 is 1.25 bits per heavy atom. The molecular weight excluding hydrogens is 200 g/mol. The molecule has 0 bridgehead atoms. The van der Waals surface area contributed by atoms with Crippen molar-refractivity contribution in [1.29, 1.82) is 0 Å². The summed E-state index contributed by atoms with van der Waals surface area (Å²) in [5.74, 6) is 0. The van der Waals surface area contributed by atoms with Crippen LogP contribution in [-0.4, -0.2) is 17.2 Å². The van der Waals surface area contributed by atoms with E-state index in [4.69, 9.17) is 39.0 Å². The molecule has 3 nitrogen and oxygen atoms in total. The average molecular weight is 206 g/mol. The largest absolute Gasteiger partial charge is 0.490 e. The third kappa shape index (κ3) is 1.67. The number of nitrogens with two attached hydrogens (primary N) is 1. The zero-order valence-corrected chi connectivity index (χ0v) is 7.47. The van der Waals surface area contributed by atoms with Crippen LogP contribution in [-0.2, 0) is 0 Å². The molecule has 1 aromatic rings. The minimum Gasteiger partial charge on any atom is -0.423 e. The molecule has 0 aliphatic heterocycles. The molecule has 0 unspecified atom stereocenters. The lowest BCUT2D eigenvalue weighted by molar-refractivity contribution is 0.426. The number of halogens is 2. The average Bonchev–Trinajstić information content (AvgIpc) is 2.00. The lowest BCUT2D eigenvalue weighted by Gasteiger charge is -2.06. The molecule has 0 aliphatic rings. The number of nitrogen functional groups attached to an aromatic ring is 1. The Kier molecular flexibility index (Phi) is 2.85. The van der Waals surface area contributed by atoms with E-state index in [-0.39, 0.29) is 16.2 Å². The number of rotatable bonds is 1. The molecule has 4 N–H and O–H groups in total. The van der Waals surface area contributed by atoms with Crippen LogP contribution in [0.1, 0.15) is 0 Å². The van der Waals surface area contributed by atoms with Crippen LogP contribution in [0.4, 0.5) is 5.69 Å². The van der Waals surface area contributed by atoms with Crippen LogP contribution in [0.2, 0.25) is 10.0 Å². The van der Waals surface area contributed by atoms with E-state index in [2.05, 4.69) is 0 Å². The highest BCUT2D eigenvalue weighted by Crippen LogP contribution is 2.24. The van der Waals surface area contributed by atoms with Gasteiger partial charge in [-0.05, 0) is 6.07 Å². The van der Waals surface area contributed by atoms with Crippen molar-refractivity contribution >= 4 is 41.5 Å². The summed E-state index contributed by atoms with van der Waals surface area (Å²) in [6.45, 7) is 0. The summed E-state index contributed by atoms with van der Waals surface area (Å²) in [6, 6.07) is 2.86. The van der Waals surface area contributed by atoms with Gasteiger partial charge in [0, 0.05) is 5.46 Å². The van der Waals surface area contributed by atoms with Gasteiger partial charge in [0.25, 0.3) is 0 Å². The standard InChI is InChI=1S/C6H6BCl2NO2/c8-4-2-1-3(7(11)12)5(9)6(4)10/h1-2,11-12H,10H2. The Labute approximate surface area is 79.9 Å². The SMILES string of the molecule is Nc1c(Cl)ccc(B(O)O)c1Cl. The molecular formula is C6H6BCl2NO2. The fraction of sp³-hybridized carbons (Fsp3) is 0. The second-order valence-electron chi connectivity index (χ2n) is 2.24. The van der Waals surface area contributed by atoms with Gasteiger partial charge in [0.15, 0.2) is 0 Å². The first-order valence-corrected chi connectivity index (χ1v) is 3.89. The molecule has 0 fully saturated rings. The molecule has 0 atom stereocenters. The van der Waals surface area contributed by atoms with Crippen molar-refractivity contribution < 1.29 is 10.0 Å². The molecule has 1 aromatic carbocycles. The number of benzene rings is 1. The van der Waals surface area contributed by atoms with E-state index in [9.17, 15) is 0 Å². The van der Waals surface area contributed by atoms with Crippen molar-refractivity contribution in [3.05, 3.63) is 22.2 Å². The summed E-state index contributed by atoms with van der Waals surface area (Å²) < 4.78 is 0. The third-order valence-electron chi connectivity index (χ3n) is 1.43. The Bertz CT molecular complexity index is 306. The van der Waals surface area contributed by atoms with Crippen LogP contribution in [0.3, 0.4) is 0 Å². The van der Waals surface area contributed by atoms with Gasteiger partial charge in [-0.25, -0.2) is 0 Å². The third-order valence-corrected chi connectivity index (χ3v) is 2.19. The molecule has 64 valence electrons. The summed E-state index contributed by atoms with van der Waals surface area (Å²) in [7, 11) is -1.63. The Balaban J connectivity index is 3.27.